The van der Waals surface area contributed by atoms with E-state index < -0.39 is 6.10 Å². The largest absolute Gasteiger partial charge is 0.464 e. The fourth-order valence-electron chi connectivity index (χ4n) is 2.28. The van der Waals surface area contributed by atoms with Crippen molar-refractivity contribution >= 4 is 22.3 Å². The number of aromatic nitrogens is 1. The second-order valence-corrected chi connectivity index (χ2v) is 7.23. The maximum Gasteiger partial charge on any atom is 0.134 e. The van der Waals surface area contributed by atoms with E-state index >= 15 is 0 Å². The average Bonchev–Trinajstić information content (AvgIpc) is 3.03. The zero-order valence-electron chi connectivity index (χ0n) is 12.5. The molecule has 0 aliphatic heterocycles. The topological polar surface area (TPSA) is 46.3 Å². The van der Waals surface area contributed by atoms with Crippen LogP contribution in [0.2, 0.25) is 0 Å². The summed E-state index contributed by atoms with van der Waals surface area (Å²) in [5, 5.41) is 14.5. The van der Waals surface area contributed by atoms with Crippen LogP contribution in [0.3, 0.4) is 0 Å². The molecule has 0 spiro atoms. The van der Waals surface area contributed by atoms with Crippen molar-refractivity contribution in [1.82, 2.24) is 4.98 Å². The molecule has 110 valence electrons. The van der Waals surface area contributed by atoms with Crippen molar-refractivity contribution in [2.75, 3.05) is 0 Å². The van der Waals surface area contributed by atoms with E-state index in [1.54, 1.807) is 17.6 Å². The van der Waals surface area contributed by atoms with E-state index in [0.717, 1.165) is 27.2 Å². The fraction of sp³-hybridized carbons (Fsp3) is 0.353. The lowest BCUT2D eigenvalue weighted by molar-refractivity contribution is 0.178. The standard InChI is InChI=1S/C17H19NO2S/c1-17(2,3)15-10-21-16(18-15)8-13(19)12-9-20-14-7-5-4-6-11(12)14/h4-7,9-10,13,19H,8H2,1-3H3. The third kappa shape index (κ3) is 2.87. The number of nitrogens with zero attached hydrogens (tertiary/aromatic N) is 1. The average molecular weight is 301 g/mol. The molecule has 0 radical (unpaired) electrons. The van der Waals surface area contributed by atoms with Gasteiger partial charge in [-0.05, 0) is 6.07 Å². The first-order valence-electron chi connectivity index (χ1n) is 7.04. The molecule has 0 bridgehead atoms. The lowest BCUT2D eigenvalue weighted by Crippen LogP contribution is -2.11. The number of fused-ring (bicyclic) bond motifs is 1. The maximum atomic E-state index is 10.5. The first kappa shape index (κ1) is 14.3. The first-order chi connectivity index (χ1) is 9.95. The highest BCUT2D eigenvalue weighted by Crippen LogP contribution is 2.30. The molecule has 0 aliphatic rings. The van der Waals surface area contributed by atoms with Crippen LogP contribution in [-0.4, -0.2) is 10.1 Å². The number of benzene rings is 1. The highest BCUT2D eigenvalue weighted by Gasteiger charge is 2.20. The Labute approximate surface area is 128 Å². The molecule has 1 unspecified atom stereocenters. The molecule has 0 amide bonds. The quantitative estimate of drug-likeness (QED) is 0.776. The van der Waals surface area contributed by atoms with Crippen molar-refractivity contribution in [3.8, 4) is 0 Å². The van der Waals surface area contributed by atoms with Crippen LogP contribution in [0, 0.1) is 0 Å². The van der Waals surface area contributed by atoms with Crippen LogP contribution in [0.4, 0.5) is 0 Å². The molecule has 0 saturated heterocycles. The number of thiazole rings is 1. The summed E-state index contributed by atoms with van der Waals surface area (Å²) < 4.78 is 5.49. The van der Waals surface area contributed by atoms with Crippen LogP contribution in [0.15, 0.2) is 40.3 Å². The summed E-state index contributed by atoms with van der Waals surface area (Å²) in [5.41, 5.74) is 2.76. The van der Waals surface area contributed by atoms with Crippen molar-refractivity contribution < 1.29 is 9.52 Å². The van der Waals surface area contributed by atoms with Crippen LogP contribution in [-0.2, 0) is 11.8 Å². The van der Waals surface area contributed by atoms with Gasteiger partial charge in [-0.15, -0.1) is 11.3 Å². The Balaban J connectivity index is 1.83. The number of para-hydroxylation sites is 1. The lowest BCUT2D eigenvalue weighted by atomic mass is 9.93. The summed E-state index contributed by atoms with van der Waals surface area (Å²) in [6.45, 7) is 6.43. The number of aliphatic hydroxyl groups excluding tert-OH is 1. The first-order valence-corrected chi connectivity index (χ1v) is 7.92. The van der Waals surface area contributed by atoms with Gasteiger partial charge in [0.1, 0.15) is 5.58 Å². The monoisotopic (exact) mass is 301 g/mol. The minimum Gasteiger partial charge on any atom is -0.464 e. The van der Waals surface area contributed by atoms with Crippen LogP contribution in [0.25, 0.3) is 11.0 Å². The Morgan fingerprint density at radius 1 is 1.29 bits per heavy atom. The predicted molar refractivity (Wildman–Crippen MR) is 85.7 cm³/mol. The van der Waals surface area contributed by atoms with Gasteiger partial charge < -0.3 is 9.52 Å². The van der Waals surface area contributed by atoms with Gasteiger partial charge in [0.05, 0.1) is 23.1 Å². The van der Waals surface area contributed by atoms with Crippen LogP contribution < -0.4 is 0 Å². The number of hydrogen-bond donors (Lipinski definition) is 1. The van der Waals surface area contributed by atoms with Gasteiger partial charge in [-0.3, -0.25) is 0 Å². The normalized spacial score (nSPS) is 13.7. The summed E-state index contributed by atoms with van der Waals surface area (Å²) in [5.74, 6) is 0. The highest BCUT2D eigenvalue weighted by atomic mass is 32.1. The Bertz CT molecular complexity index is 751. The Morgan fingerprint density at radius 3 is 2.76 bits per heavy atom. The predicted octanol–water partition coefficient (Wildman–Crippen LogP) is 4.46. The van der Waals surface area contributed by atoms with E-state index in [2.05, 4.69) is 31.1 Å². The van der Waals surface area contributed by atoms with E-state index in [1.807, 2.05) is 24.3 Å². The summed E-state index contributed by atoms with van der Waals surface area (Å²) in [7, 11) is 0. The van der Waals surface area contributed by atoms with Gasteiger partial charge in [-0.1, -0.05) is 39.0 Å². The Morgan fingerprint density at radius 2 is 2.05 bits per heavy atom. The lowest BCUT2D eigenvalue weighted by Gasteiger charge is -2.14. The summed E-state index contributed by atoms with van der Waals surface area (Å²) in [6.07, 6.45) is 1.57. The van der Waals surface area contributed by atoms with Crippen LogP contribution in [0.5, 0.6) is 0 Å². The summed E-state index contributed by atoms with van der Waals surface area (Å²) >= 11 is 1.61. The molecule has 4 heteroatoms. The van der Waals surface area contributed by atoms with Crippen molar-refractivity contribution in [1.29, 1.82) is 0 Å². The molecule has 0 saturated carbocycles. The molecular formula is C17H19NO2S. The van der Waals surface area contributed by atoms with Gasteiger partial charge in [0, 0.05) is 28.2 Å². The van der Waals surface area contributed by atoms with E-state index in [0.29, 0.717) is 6.42 Å². The molecule has 3 nitrogen and oxygen atoms in total. The molecule has 1 atom stereocenters. The zero-order chi connectivity index (χ0) is 15.0. The molecule has 21 heavy (non-hydrogen) atoms. The number of furan rings is 1. The van der Waals surface area contributed by atoms with Crippen molar-refractivity contribution in [2.24, 2.45) is 0 Å². The van der Waals surface area contributed by atoms with Gasteiger partial charge in [-0.2, -0.15) is 0 Å². The summed E-state index contributed by atoms with van der Waals surface area (Å²) in [6, 6.07) is 7.76. The van der Waals surface area contributed by atoms with Crippen molar-refractivity contribution in [3.63, 3.8) is 0 Å². The van der Waals surface area contributed by atoms with Gasteiger partial charge >= 0.3 is 0 Å². The molecule has 0 fully saturated rings. The van der Waals surface area contributed by atoms with Gasteiger partial charge in [-0.25, -0.2) is 4.98 Å². The van der Waals surface area contributed by atoms with Gasteiger partial charge in [0.2, 0.25) is 0 Å². The molecule has 1 N–H and O–H groups in total. The van der Waals surface area contributed by atoms with E-state index in [1.165, 1.54) is 0 Å². The maximum absolute atomic E-state index is 10.5. The Kier molecular flexibility index (Phi) is 3.59. The van der Waals surface area contributed by atoms with E-state index in [4.69, 9.17) is 4.42 Å². The SMILES string of the molecule is CC(C)(C)c1csc(CC(O)c2coc3ccccc23)n1. The van der Waals surface area contributed by atoms with E-state index in [-0.39, 0.29) is 5.41 Å². The van der Waals surface area contributed by atoms with Gasteiger partial charge in [0.25, 0.3) is 0 Å². The van der Waals surface area contributed by atoms with Crippen molar-refractivity contribution in [2.45, 2.75) is 38.7 Å². The third-order valence-electron chi connectivity index (χ3n) is 3.56. The molecule has 0 aliphatic carbocycles. The number of hydrogen-bond acceptors (Lipinski definition) is 4. The molecule has 3 rings (SSSR count). The van der Waals surface area contributed by atoms with E-state index in [9.17, 15) is 5.11 Å². The van der Waals surface area contributed by atoms with Crippen LogP contribution in [0.1, 0.15) is 43.1 Å². The van der Waals surface area contributed by atoms with Gasteiger partial charge in [0.15, 0.2) is 0 Å². The zero-order valence-corrected chi connectivity index (χ0v) is 13.3. The molecule has 2 aromatic heterocycles. The molecule has 3 aromatic rings. The minimum absolute atomic E-state index is 0.0437. The minimum atomic E-state index is -0.590. The smallest absolute Gasteiger partial charge is 0.134 e. The fourth-order valence-corrected chi connectivity index (χ4v) is 3.34. The highest BCUT2D eigenvalue weighted by molar-refractivity contribution is 7.09. The van der Waals surface area contributed by atoms with Crippen LogP contribution >= 0.6 is 11.3 Å². The number of rotatable bonds is 3. The molecule has 1 aromatic carbocycles. The third-order valence-corrected chi connectivity index (χ3v) is 4.43. The Hall–Kier alpha value is -1.65. The summed E-state index contributed by atoms with van der Waals surface area (Å²) in [4.78, 5) is 4.64. The molecular weight excluding hydrogens is 282 g/mol. The second-order valence-electron chi connectivity index (χ2n) is 6.28. The number of aliphatic hydroxyl groups is 1. The second kappa shape index (κ2) is 5.28. The van der Waals surface area contributed by atoms with Crippen molar-refractivity contribution in [3.05, 3.63) is 52.2 Å². The molecule has 2 heterocycles.